The van der Waals surface area contributed by atoms with Gasteiger partial charge < -0.3 is 15.7 Å². The summed E-state index contributed by atoms with van der Waals surface area (Å²) < 4.78 is 0. The molecule has 0 aliphatic rings. The van der Waals surface area contributed by atoms with Crippen LogP contribution in [-0.2, 0) is 9.59 Å². The van der Waals surface area contributed by atoms with Gasteiger partial charge in [-0.05, 0) is 38.5 Å². The van der Waals surface area contributed by atoms with Crippen LogP contribution in [-0.4, -0.2) is 37.1 Å². The smallest absolute Gasteiger partial charge is 0.309 e. The molecule has 0 atom stereocenters. The molecule has 134 valence electrons. The van der Waals surface area contributed by atoms with Gasteiger partial charge >= 0.3 is 11.8 Å². The summed E-state index contributed by atoms with van der Waals surface area (Å²) in [6, 6.07) is 0. The van der Waals surface area contributed by atoms with Crippen molar-refractivity contribution in [2.45, 2.75) is 70.6 Å². The average Bonchev–Trinajstić information content (AvgIpc) is 2.57. The van der Waals surface area contributed by atoms with Crippen LogP contribution in [0.5, 0.6) is 0 Å². The van der Waals surface area contributed by atoms with Crippen LogP contribution < -0.4 is 10.6 Å². The van der Waals surface area contributed by atoms with Crippen LogP contribution >= 0.6 is 0 Å². The Kier molecular flexibility index (Phi) is 16.0. The molecule has 0 aromatic rings. The van der Waals surface area contributed by atoms with Gasteiger partial charge in [-0.15, -0.1) is 0 Å². The van der Waals surface area contributed by atoms with E-state index < -0.39 is 11.8 Å². The van der Waals surface area contributed by atoms with Crippen LogP contribution in [0.25, 0.3) is 0 Å². The van der Waals surface area contributed by atoms with Crippen molar-refractivity contribution < 1.29 is 14.7 Å². The van der Waals surface area contributed by atoms with E-state index in [9.17, 15) is 9.59 Å². The van der Waals surface area contributed by atoms with E-state index in [2.05, 4.69) is 22.8 Å². The van der Waals surface area contributed by atoms with Crippen LogP contribution in [0, 0.1) is 0 Å². The normalized spacial score (nSPS) is 10.9. The third kappa shape index (κ3) is 15.3. The third-order valence-corrected chi connectivity index (χ3v) is 3.71. The number of carbonyl (C=O) groups is 2. The van der Waals surface area contributed by atoms with Crippen molar-refractivity contribution in [1.29, 1.82) is 0 Å². The molecule has 0 rings (SSSR count). The molecule has 2 amide bonds. The Morgan fingerprint density at radius 2 is 1.30 bits per heavy atom. The van der Waals surface area contributed by atoms with E-state index in [1.54, 1.807) is 0 Å². The van der Waals surface area contributed by atoms with E-state index in [-0.39, 0.29) is 0 Å². The second-order valence-corrected chi connectivity index (χ2v) is 5.79. The zero-order valence-electron chi connectivity index (χ0n) is 14.6. The minimum Gasteiger partial charge on any atom is -0.396 e. The minimum atomic E-state index is -0.585. The van der Waals surface area contributed by atoms with E-state index in [1.807, 2.05) is 0 Å². The Bertz CT molecular complexity index is 330. The quantitative estimate of drug-likeness (QED) is 0.261. The molecule has 0 aliphatic carbocycles. The molecule has 0 radical (unpaired) electrons. The number of hydrogen-bond donors (Lipinski definition) is 3. The van der Waals surface area contributed by atoms with Crippen molar-refractivity contribution in [2.75, 3.05) is 20.2 Å². The maximum atomic E-state index is 11.2. The number of amides is 2. The number of aliphatic hydroxyl groups is 1. The third-order valence-electron chi connectivity index (χ3n) is 3.71. The second-order valence-electron chi connectivity index (χ2n) is 5.79. The topological polar surface area (TPSA) is 78.4 Å². The molecule has 5 heteroatoms. The molecule has 0 bridgehead atoms. The molecule has 0 unspecified atom stereocenters. The Morgan fingerprint density at radius 3 is 1.87 bits per heavy atom. The zero-order valence-corrected chi connectivity index (χ0v) is 14.6. The fraction of sp³-hybridized carbons (Fsp3) is 0.778. The van der Waals surface area contributed by atoms with Crippen molar-refractivity contribution in [3.63, 3.8) is 0 Å². The van der Waals surface area contributed by atoms with Gasteiger partial charge in [0.1, 0.15) is 0 Å². The van der Waals surface area contributed by atoms with E-state index in [4.69, 9.17) is 5.11 Å². The monoisotopic (exact) mass is 326 g/mol. The number of nitrogens with one attached hydrogen (secondary N) is 2. The molecule has 0 saturated heterocycles. The first-order chi connectivity index (χ1) is 11.2. The maximum Gasteiger partial charge on any atom is 0.309 e. The molecular weight excluding hydrogens is 292 g/mol. The number of aliphatic hydroxyl groups excluding tert-OH is 1. The van der Waals surface area contributed by atoms with E-state index in [0.717, 1.165) is 38.5 Å². The number of allylic oxidation sites excluding steroid dienone is 2. The van der Waals surface area contributed by atoms with Gasteiger partial charge in [0.25, 0.3) is 0 Å². The van der Waals surface area contributed by atoms with E-state index in [1.165, 1.54) is 39.2 Å². The Hall–Kier alpha value is -1.36. The van der Waals surface area contributed by atoms with Crippen LogP contribution in [0.4, 0.5) is 0 Å². The predicted molar refractivity (Wildman–Crippen MR) is 94.1 cm³/mol. The van der Waals surface area contributed by atoms with Crippen molar-refractivity contribution >= 4 is 11.8 Å². The molecule has 0 aromatic heterocycles. The molecule has 0 saturated carbocycles. The highest BCUT2D eigenvalue weighted by molar-refractivity contribution is 6.34. The van der Waals surface area contributed by atoms with Gasteiger partial charge in [0.15, 0.2) is 0 Å². The van der Waals surface area contributed by atoms with Crippen molar-refractivity contribution in [3.8, 4) is 0 Å². The lowest BCUT2D eigenvalue weighted by molar-refractivity contribution is -0.138. The van der Waals surface area contributed by atoms with Gasteiger partial charge in [0, 0.05) is 20.2 Å². The van der Waals surface area contributed by atoms with Gasteiger partial charge in [-0.25, -0.2) is 0 Å². The highest BCUT2D eigenvalue weighted by atomic mass is 16.3. The average molecular weight is 326 g/mol. The lowest BCUT2D eigenvalue weighted by Crippen LogP contribution is -2.38. The van der Waals surface area contributed by atoms with Crippen LogP contribution in [0.15, 0.2) is 12.2 Å². The summed E-state index contributed by atoms with van der Waals surface area (Å²) in [5, 5.41) is 13.6. The number of unbranched alkanes of at least 4 members (excludes halogenated alkanes) is 9. The summed E-state index contributed by atoms with van der Waals surface area (Å²) >= 11 is 0. The maximum absolute atomic E-state index is 11.2. The number of rotatable bonds is 14. The lowest BCUT2D eigenvalue weighted by atomic mass is 10.1. The standard InChI is InChI=1S/C18H34N2O3/c1-19-17(22)18(23)20-15-13-11-9-7-5-3-2-4-6-8-10-12-14-16-21/h5,7,21H,2-4,6,8-16H2,1H3,(H,19,22)(H,20,23). The Balaban J connectivity index is 3.23. The van der Waals surface area contributed by atoms with Crippen LogP contribution in [0.1, 0.15) is 70.6 Å². The van der Waals surface area contributed by atoms with Gasteiger partial charge in [-0.2, -0.15) is 0 Å². The zero-order chi connectivity index (χ0) is 17.2. The second kappa shape index (κ2) is 17.0. The number of carbonyl (C=O) groups excluding carboxylic acids is 2. The van der Waals surface area contributed by atoms with Gasteiger partial charge in [0.05, 0.1) is 0 Å². The lowest BCUT2D eigenvalue weighted by Gasteiger charge is -2.02. The molecule has 0 fully saturated rings. The van der Waals surface area contributed by atoms with Gasteiger partial charge in [-0.3, -0.25) is 9.59 Å². The number of likely N-dealkylation sites (N-methyl/N-ethyl adjacent to an activating group) is 1. The largest absolute Gasteiger partial charge is 0.396 e. The van der Waals surface area contributed by atoms with Crippen molar-refractivity contribution in [3.05, 3.63) is 12.2 Å². The Labute approximate surface area is 140 Å². The first-order valence-electron chi connectivity index (χ1n) is 8.98. The summed E-state index contributed by atoms with van der Waals surface area (Å²) in [6.07, 6.45) is 17.0. The first kappa shape index (κ1) is 21.6. The molecule has 5 nitrogen and oxygen atoms in total. The summed E-state index contributed by atoms with van der Waals surface area (Å²) in [5.41, 5.74) is 0. The molecule has 3 N–H and O–H groups in total. The van der Waals surface area contributed by atoms with Crippen molar-refractivity contribution in [1.82, 2.24) is 10.6 Å². The molecule has 0 spiro atoms. The first-order valence-corrected chi connectivity index (χ1v) is 8.98. The summed E-state index contributed by atoms with van der Waals surface area (Å²) in [7, 11) is 1.45. The van der Waals surface area contributed by atoms with Gasteiger partial charge in [0.2, 0.25) is 0 Å². The minimum absolute atomic E-state index is 0.325. The van der Waals surface area contributed by atoms with Gasteiger partial charge in [-0.1, -0.05) is 44.3 Å². The Morgan fingerprint density at radius 1 is 0.783 bits per heavy atom. The highest BCUT2D eigenvalue weighted by Gasteiger charge is 2.08. The molecule has 0 aromatic carbocycles. The number of hydrogen-bond acceptors (Lipinski definition) is 3. The van der Waals surface area contributed by atoms with Crippen molar-refractivity contribution in [2.24, 2.45) is 0 Å². The molecular formula is C18H34N2O3. The van der Waals surface area contributed by atoms with Crippen LogP contribution in [0.3, 0.4) is 0 Å². The van der Waals surface area contributed by atoms with E-state index >= 15 is 0 Å². The summed E-state index contributed by atoms with van der Waals surface area (Å²) in [5.74, 6) is -1.14. The molecule has 0 aliphatic heterocycles. The summed E-state index contributed by atoms with van der Waals surface area (Å²) in [4.78, 5) is 22.1. The predicted octanol–water partition coefficient (Wildman–Crippen LogP) is 2.69. The van der Waals surface area contributed by atoms with E-state index in [0.29, 0.717) is 13.2 Å². The molecule has 23 heavy (non-hydrogen) atoms. The highest BCUT2D eigenvalue weighted by Crippen LogP contribution is 2.09. The fourth-order valence-electron chi connectivity index (χ4n) is 2.28. The summed E-state index contributed by atoms with van der Waals surface area (Å²) in [6.45, 7) is 0.877. The van der Waals surface area contributed by atoms with Crippen LogP contribution in [0.2, 0.25) is 0 Å². The fourth-order valence-corrected chi connectivity index (χ4v) is 2.28. The SMILES string of the molecule is CNC(=O)C(=O)NCCCCC=CCCCCCCCCCO. The molecule has 0 heterocycles.